The number of hydrogen-bond acceptors (Lipinski definition) is 3. The van der Waals surface area contributed by atoms with Crippen LogP contribution >= 0.6 is 0 Å². The number of para-hydroxylation sites is 1. The zero-order valence-electron chi connectivity index (χ0n) is 13.2. The van der Waals surface area contributed by atoms with E-state index in [9.17, 15) is 0 Å². The Hall–Kier alpha value is -3.20. The summed E-state index contributed by atoms with van der Waals surface area (Å²) in [6.45, 7) is 0. The van der Waals surface area contributed by atoms with Gasteiger partial charge in [-0.15, -0.1) is 0 Å². The Morgan fingerprint density at radius 2 is 1.25 bits per heavy atom. The molecule has 116 valence electrons. The molecule has 0 aliphatic carbocycles. The van der Waals surface area contributed by atoms with Crippen molar-refractivity contribution in [2.24, 2.45) is 9.98 Å². The van der Waals surface area contributed by atoms with E-state index in [2.05, 4.69) is 51.3 Å². The van der Waals surface area contributed by atoms with E-state index in [4.69, 9.17) is 0 Å². The van der Waals surface area contributed by atoms with E-state index in [1.807, 2.05) is 54.6 Å². The van der Waals surface area contributed by atoms with Crippen LogP contribution in [-0.4, -0.2) is 12.2 Å². The van der Waals surface area contributed by atoms with Gasteiger partial charge in [0.2, 0.25) is 0 Å². The number of nitrogens with zero attached hydrogens (tertiary/aromatic N) is 3. The van der Waals surface area contributed by atoms with Crippen molar-refractivity contribution < 1.29 is 0 Å². The molecule has 0 saturated carbocycles. The number of hydrogen-bond donors (Lipinski definition) is 0. The third kappa shape index (κ3) is 2.72. The molecule has 1 aliphatic heterocycles. The zero-order chi connectivity index (χ0) is 16.2. The summed E-state index contributed by atoms with van der Waals surface area (Å²) < 4.78 is 0. The van der Waals surface area contributed by atoms with Crippen LogP contribution in [0, 0.1) is 0 Å². The highest BCUT2D eigenvalue weighted by Crippen LogP contribution is 2.32. The van der Waals surface area contributed by atoms with Crippen LogP contribution in [0.15, 0.2) is 101 Å². The highest BCUT2D eigenvalue weighted by atomic mass is 15.3. The quantitative estimate of drug-likeness (QED) is 0.690. The van der Waals surface area contributed by atoms with Gasteiger partial charge in [0.05, 0.1) is 0 Å². The molecule has 1 aliphatic rings. The van der Waals surface area contributed by atoms with E-state index in [1.165, 1.54) is 0 Å². The first-order valence-corrected chi connectivity index (χ1v) is 7.97. The number of amidine groups is 1. The first kappa shape index (κ1) is 14.4. The molecule has 3 aromatic carbocycles. The Balaban J connectivity index is 1.84. The summed E-state index contributed by atoms with van der Waals surface area (Å²) in [5.41, 5.74) is 3.29. The van der Waals surface area contributed by atoms with Gasteiger partial charge in [-0.2, -0.15) is 0 Å². The molecule has 24 heavy (non-hydrogen) atoms. The molecule has 4 rings (SSSR count). The van der Waals surface area contributed by atoms with Gasteiger partial charge in [0.1, 0.15) is 12.2 Å². The minimum absolute atomic E-state index is 0.124. The number of benzene rings is 3. The van der Waals surface area contributed by atoms with Gasteiger partial charge in [0.25, 0.3) is 0 Å². The second kappa shape index (κ2) is 6.50. The number of anilines is 1. The monoisotopic (exact) mass is 311 g/mol. The van der Waals surface area contributed by atoms with Gasteiger partial charge in [0, 0.05) is 11.3 Å². The molecule has 3 aromatic rings. The van der Waals surface area contributed by atoms with Gasteiger partial charge < -0.3 is 0 Å². The Morgan fingerprint density at radius 1 is 0.667 bits per heavy atom. The molecule has 3 nitrogen and oxygen atoms in total. The molecular weight excluding hydrogens is 294 g/mol. The third-order valence-corrected chi connectivity index (χ3v) is 4.02. The van der Waals surface area contributed by atoms with Crippen LogP contribution in [0.25, 0.3) is 0 Å². The van der Waals surface area contributed by atoms with Crippen LogP contribution in [0.4, 0.5) is 5.69 Å². The minimum Gasteiger partial charge on any atom is -0.299 e. The lowest BCUT2D eigenvalue weighted by Gasteiger charge is -2.34. The third-order valence-electron chi connectivity index (χ3n) is 4.02. The Morgan fingerprint density at radius 3 is 1.92 bits per heavy atom. The summed E-state index contributed by atoms with van der Waals surface area (Å²) in [7, 11) is 0. The fourth-order valence-electron chi connectivity index (χ4n) is 2.91. The molecule has 1 heterocycles. The van der Waals surface area contributed by atoms with Gasteiger partial charge in [-0.3, -0.25) is 4.90 Å². The Bertz CT molecular complexity index is 855. The maximum atomic E-state index is 4.65. The second-order valence-corrected chi connectivity index (χ2v) is 5.57. The molecule has 0 saturated heterocycles. The highest BCUT2D eigenvalue weighted by Gasteiger charge is 2.27. The first-order valence-electron chi connectivity index (χ1n) is 7.97. The lowest BCUT2D eigenvalue weighted by Crippen LogP contribution is -2.37. The molecule has 0 N–H and O–H groups in total. The van der Waals surface area contributed by atoms with E-state index < -0.39 is 0 Å². The van der Waals surface area contributed by atoms with Crippen LogP contribution in [0.5, 0.6) is 0 Å². The van der Waals surface area contributed by atoms with E-state index in [1.54, 1.807) is 6.34 Å². The van der Waals surface area contributed by atoms with E-state index in [0.717, 1.165) is 22.6 Å². The first-order chi connectivity index (χ1) is 11.9. The standard InChI is InChI=1S/C21H17N3/c1-4-10-17(11-5-1)20-22-16-23-21(18-12-6-2-7-13-18)24(20)19-14-8-3-9-15-19/h1-16,20H. The average Bonchev–Trinajstić information content (AvgIpc) is 2.69. The van der Waals surface area contributed by atoms with Crippen molar-refractivity contribution in [3.8, 4) is 0 Å². The predicted octanol–water partition coefficient (Wildman–Crippen LogP) is 4.68. The highest BCUT2D eigenvalue weighted by molar-refractivity contribution is 6.13. The summed E-state index contributed by atoms with van der Waals surface area (Å²) in [6, 6.07) is 30.8. The van der Waals surface area contributed by atoms with Crippen molar-refractivity contribution in [2.45, 2.75) is 6.17 Å². The molecule has 0 radical (unpaired) electrons. The second-order valence-electron chi connectivity index (χ2n) is 5.57. The minimum atomic E-state index is -0.124. The average molecular weight is 311 g/mol. The molecule has 1 atom stereocenters. The van der Waals surface area contributed by atoms with Crippen molar-refractivity contribution >= 4 is 17.9 Å². The van der Waals surface area contributed by atoms with Crippen LogP contribution in [0.1, 0.15) is 17.3 Å². The van der Waals surface area contributed by atoms with Crippen LogP contribution in [-0.2, 0) is 0 Å². The molecular formula is C21H17N3. The molecule has 0 fully saturated rings. The molecule has 0 amide bonds. The Kier molecular flexibility index (Phi) is 3.90. The summed E-state index contributed by atoms with van der Waals surface area (Å²) in [5.74, 6) is 0.908. The molecule has 0 bridgehead atoms. The smallest absolute Gasteiger partial charge is 0.154 e. The number of rotatable bonds is 3. The van der Waals surface area contributed by atoms with Gasteiger partial charge in [-0.1, -0.05) is 78.9 Å². The Labute approximate surface area is 141 Å². The number of aliphatic imine (C=N–C) groups is 2. The largest absolute Gasteiger partial charge is 0.299 e. The molecule has 3 heteroatoms. The summed E-state index contributed by atoms with van der Waals surface area (Å²) >= 11 is 0. The SMILES string of the molecule is C1=NC(c2ccccc2)N(c2ccccc2)C(c2ccccc2)=N1. The van der Waals surface area contributed by atoms with Gasteiger partial charge in [-0.05, 0) is 17.7 Å². The summed E-state index contributed by atoms with van der Waals surface area (Å²) in [6.07, 6.45) is 1.54. The maximum absolute atomic E-state index is 4.65. The predicted molar refractivity (Wildman–Crippen MR) is 99.6 cm³/mol. The van der Waals surface area contributed by atoms with Crippen molar-refractivity contribution in [3.05, 3.63) is 102 Å². The van der Waals surface area contributed by atoms with Gasteiger partial charge in [0.15, 0.2) is 6.17 Å². The fraction of sp³-hybridized carbons (Fsp3) is 0.0476. The lowest BCUT2D eigenvalue weighted by atomic mass is 10.1. The van der Waals surface area contributed by atoms with Crippen LogP contribution < -0.4 is 4.90 Å². The fourth-order valence-corrected chi connectivity index (χ4v) is 2.91. The van der Waals surface area contributed by atoms with Crippen LogP contribution in [0.3, 0.4) is 0 Å². The van der Waals surface area contributed by atoms with Crippen molar-refractivity contribution in [2.75, 3.05) is 4.90 Å². The molecule has 0 spiro atoms. The molecule has 1 unspecified atom stereocenters. The maximum Gasteiger partial charge on any atom is 0.154 e. The summed E-state index contributed by atoms with van der Waals surface area (Å²) in [4.78, 5) is 11.4. The van der Waals surface area contributed by atoms with Gasteiger partial charge in [-0.25, -0.2) is 9.98 Å². The topological polar surface area (TPSA) is 28.0 Å². The van der Waals surface area contributed by atoms with E-state index in [0.29, 0.717) is 0 Å². The van der Waals surface area contributed by atoms with E-state index >= 15 is 0 Å². The lowest BCUT2D eigenvalue weighted by molar-refractivity contribution is 0.748. The summed E-state index contributed by atoms with van der Waals surface area (Å²) in [5, 5.41) is 0. The molecule has 0 aromatic heterocycles. The van der Waals surface area contributed by atoms with Crippen LogP contribution in [0.2, 0.25) is 0 Å². The normalized spacial score (nSPS) is 16.8. The van der Waals surface area contributed by atoms with E-state index in [-0.39, 0.29) is 6.17 Å². The van der Waals surface area contributed by atoms with Crippen molar-refractivity contribution in [1.29, 1.82) is 0 Å². The van der Waals surface area contributed by atoms with Crippen molar-refractivity contribution in [1.82, 2.24) is 0 Å². The van der Waals surface area contributed by atoms with Gasteiger partial charge >= 0.3 is 0 Å². The zero-order valence-corrected chi connectivity index (χ0v) is 13.2. The van der Waals surface area contributed by atoms with Crippen molar-refractivity contribution in [3.63, 3.8) is 0 Å².